The van der Waals surface area contributed by atoms with Crippen LogP contribution in [-0.4, -0.2) is 56.2 Å². The predicted octanol–water partition coefficient (Wildman–Crippen LogP) is 2.39. The van der Waals surface area contributed by atoms with Crippen molar-refractivity contribution in [1.82, 2.24) is 0 Å². The van der Waals surface area contributed by atoms with Crippen LogP contribution in [0.1, 0.15) is 27.2 Å². The molecule has 18 heavy (non-hydrogen) atoms. The first-order valence-electron chi connectivity index (χ1n) is 6.44. The number of methoxy groups -OCH3 is 1. The van der Waals surface area contributed by atoms with Crippen molar-refractivity contribution in [2.45, 2.75) is 49.8 Å². The zero-order valence-corrected chi connectivity index (χ0v) is 13.4. The molecule has 0 radical (unpaired) electrons. The van der Waals surface area contributed by atoms with Gasteiger partial charge in [0.15, 0.2) is 0 Å². The van der Waals surface area contributed by atoms with Crippen LogP contribution >= 0.6 is 15.9 Å². The minimum Gasteiger partial charge on any atom is -0.382 e. The van der Waals surface area contributed by atoms with Gasteiger partial charge in [0.1, 0.15) is 0 Å². The van der Waals surface area contributed by atoms with E-state index in [2.05, 4.69) is 15.9 Å². The summed E-state index contributed by atoms with van der Waals surface area (Å²) in [7, 11) is 1.67. The summed E-state index contributed by atoms with van der Waals surface area (Å²) in [5.74, 6) is 0. The molecule has 108 valence electrons. The van der Waals surface area contributed by atoms with E-state index < -0.39 is 0 Å². The van der Waals surface area contributed by atoms with E-state index in [0.29, 0.717) is 31.3 Å². The molecule has 0 bridgehead atoms. The summed E-state index contributed by atoms with van der Waals surface area (Å²) in [6, 6.07) is 0. The Labute approximate surface area is 118 Å². The molecule has 0 N–H and O–H groups in total. The van der Waals surface area contributed by atoms with Gasteiger partial charge in [-0.3, -0.25) is 0 Å². The lowest BCUT2D eigenvalue weighted by atomic mass is 9.91. The van der Waals surface area contributed by atoms with Gasteiger partial charge in [-0.05, 0) is 27.2 Å². The molecular formula is C13H25BrO4. The van der Waals surface area contributed by atoms with Gasteiger partial charge in [0, 0.05) is 11.9 Å². The van der Waals surface area contributed by atoms with Crippen LogP contribution in [0.2, 0.25) is 0 Å². The number of halogens is 1. The summed E-state index contributed by atoms with van der Waals surface area (Å²) < 4.78 is 22.0. The fourth-order valence-corrected chi connectivity index (χ4v) is 2.58. The van der Waals surface area contributed by atoms with Crippen LogP contribution in [0.4, 0.5) is 0 Å². The van der Waals surface area contributed by atoms with E-state index in [0.717, 1.165) is 6.42 Å². The van der Waals surface area contributed by atoms with E-state index in [9.17, 15) is 0 Å². The molecular weight excluding hydrogens is 300 g/mol. The Kier molecular flexibility index (Phi) is 7.10. The molecule has 1 fully saturated rings. The molecule has 0 aromatic heterocycles. The first kappa shape index (κ1) is 16.4. The molecule has 1 aliphatic rings. The molecule has 5 heteroatoms. The predicted molar refractivity (Wildman–Crippen MR) is 74.4 cm³/mol. The number of rotatable bonds is 8. The molecule has 4 nitrogen and oxygen atoms in total. The smallest absolute Gasteiger partial charge is 0.0963 e. The molecule has 1 rings (SSSR count). The maximum absolute atomic E-state index is 5.77. The minimum absolute atomic E-state index is 0.102. The lowest BCUT2D eigenvalue weighted by molar-refractivity contribution is -0.140. The SMILES string of the molecule is COCCOC1C(Br)CC1OCCOC(C)(C)C. The maximum atomic E-state index is 5.77. The van der Waals surface area contributed by atoms with Gasteiger partial charge in [-0.1, -0.05) is 15.9 Å². The van der Waals surface area contributed by atoms with Gasteiger partial charge in [-0.2, -0.15) is 0 Å². The van der Waals surface area contributed by atoms with Crippen molar-refractivity contribution >= 4 is 15.9 Å². The standard InChI is InChI=1S/C13H25BrO4/c1-13(2,3)18-8-7-16-11-9-10(14)12(11)17-6-5-15-4/h10-12H,5-9H2,1-4H3. The second-order valence-corrected chi connectivity index (χ2v) is 6.63. The van der Waals surface area contributed by atoms with Crippen molar-refractivity contribution < 1.29 is 18.9 Å². The van der Waals surface area contributed by atoms with Gasteiger partial charge >= 0.3 is 0 Å². The third-order valence-corrected chi connectivity index (χ3v) is 3.62. The molecule has 3 atom stereocenters. The van der Waals surface area contributed by atoms with Crippen LogP contribution < -0.4 is 0 Å². The summed E-state index contributed by atoms with van der Waals surface area (Å²) >= 11 is 3.58. The molecule has 0 amide bonds. The molecule has 0 aliphatic heterocycles. The zero-order valence-electron chi connectivity index (χ0n) is 11.8. The fraction of sp³-hybridized carbons (Fsp3) is 1.00. The summed E-state index contributed by atoms with van der Waals surface area (Å²) in [5, 5.41) is 0. The van der Waals surface area contributed by atoms with Crippen molar-refractivity contribution in [3.63, 3.8) is 0 Å². The molecule has 0 heterocycles. The summed E-state index contributed by atoms with van der Waals surface area (Å²) in [6.45, 7) is 8.60. The number of ether oxygens (including phenoxy) is 4. The Morgan fingerprint density at radius 3 is 2.28 bits per heavy atom. The Balaban J connectivity index is 2.10. The molecule has 3 unspecified atom stereocenters. The lowest BCUT2D eigenvalue weighted by Crippen LogP contribution is -2.51. The van der Waals surface area contributed by atoms with Crippen LogP contribution in [0, 0.1) is 0 Å². The van der Waals surface area contributed by atoms with E-state index in [1.165, 1.54) is 0 Å². The van der Waals surface area contributed by atoms with Gasteiger partial charge in [0.2, 0.25) is 0 Å². The quantitative estimate of drug-likeness (QED) is 0.507. The van der Waals surface area contributed by atoms with Crippen LogP contribution in [0.5, 0.6) is 0 Å². The van der Waals surface area contributed by atoms with Crippen LogP contribution in [0.3, 0.4) is 0 Å². The highest BCUT2D eigenvalue weighted by atomic mass is 79.9. The average Bonchev–Trinajstić information content (AvgIpc) is 2.27. The van der Waals surface area contributed by atoms with Gasteiger partial charge in [-0.15, -0.1) is 0 Å². The number of hydrogen-bond donors (Lipinski definition) is 0. The van der Waals surface area contributed by atoms with E-state index in [1.807, 2.05) is 20.8 Å². The monoisotopic (exact) mass is 324 g/mol. The highest BCUT2D eigenvalue weighted by Gasteiger charge is 2.41. The van der Waals surface area contributed by atoms with Crippen molar-refractivity contribution in [2.24, 2.45) is 0 Å². The van der Waals surface area contributed by atoms with Crippen molar-refractivity contribution in [3.05, 3.63) is 0 Å². The lowest BCUT2D eigenvalue weighted by Gasteiger charge is -2.41. The van der Waals surface area contributed by atoms with Gasteiger partial charge < -0.3 is 18.9 Å². The molecule has 0 spiro atoms. The van der Waals surface area contributed by atoms with Crippen LogP contribution in [0.15, 0.2) is 0 Å². The van der Waals surface area contributed by atoms with E-state index in [-0.39, 0.29) is 17.8 Å². The molecule has 0 saturated heterocycles. The van der Waals surface area contributed by atoms with Crippen LogP contribution in [-0.2, 0) is 18.9 Å². The van der Waals surface area contributed by atoms with Crippen molar-refractivity contribution in [2.75, 3.05) is 33.5 Å². The normalized spacial score (nSPS) is 28.2. The molecule has 0 aromatic carbocycles. The Morgan fingerprint density at radius 2 is 1.72 bits per heavy atom. The topological polar surface area (TPSA) is 36.9 Å². The first-order valence-corrected chi connectivity index (χ1v) is 7.36. The number of alkyl halides is 1. The Bertz CT molecular complexity index is 230. The maximum Gasteiger partial charge on any atom is 0.0963 e. The van der Waals surface area contributed by atoms with Gasteiger partial charge in [0.05, 0.1) is 44.2 Å². The third kappa shape index (κ3) is 5.97. The summed E-state index contributed by atoms with van der Waals surface area (Å²) in [5.41, 5.74) is -0.102. The highest BCUT2D eigenvalue weighted by molar-refractivity contribution is 9.09. The van der Waals surface area contributed by atoms with Crippen molar-refractivity contribution in [1.29, 1.82) is 0 Å². The average molecular weight is 325 g/mol. The zero-order chi connectivity index (χ0) is 13.6. The number of hydrogen-bond acceptors (Lipinski definition) is 4. The van der Waals surface area contributed by atoms with E-state index in [1.54, 1.807) is 7.11 Å². The molecule has 1 saturated carbocycles. The highest BCUT2D eigenvalue weighted by Crippen LogP contribution is 2.33. The fourth-order valence-electron chi connectivity index (χ4n) is 1.72. The second kappa shape index (κ2) is 7.80. The van der Waals surface area contributed by atoms with E-state index in [4.69, 9.17) is 18.9 Å². The van der Waals surface area contributed by atoms with E-state index >= 15 is 0 Å². The summed E-state index contributed by atoms with van der Waals surface area (Å²) in [4.78, 5) is 0.392. The van der Waals surface area contributed by atoms with Crippen LogP contribution in [0.25, 0.3) is 0 Å². The Morgan fingerprint density at radius 1 is 1.06 bits per heavy atom. The second-order valence-electron chi connectivity index (χ2n) is 5.45. The largest absolute Gasteiger partial charge is 0.382 e. The summed E-state index contributed by atoms with van der Waals surface area (Å²) in [6.07, 6.45) is 1.30. The molecule has 0 aromatic rings. The Hall–Kier alpha value is 0.320. The van der Waals surface area contributed by atoms with Gasteiger partial charge in [-0.25, -0.2) is 0 Å². The molecule has 1 aliphatic carbocycles. The third-order valence-electron chi connectivity index (χ3n) is 2.73. The van der Waals surface area contributed by atoms with Crippen molar-refractivity contribution in [3.8, 4) is 0 Å². The first-order chi connectivity index (χ1) is 8.44. The van der Waals surface area contributed by atoms with Gasteiger partial charge in [0.25, 0.3) is 0 Å². The minimum atomic E-state index is -0.102.